The van der Waals surface area contributed by atoms with Crippen LogP contribution in [-0.4, -0.2) is 26.4 Å². The van der Waals surface area contributed by atoms with Gasteiger partial charge in [-0.1, -0.05) is 6.07 Å². The van der Waals surface area contributed by atoms with Crippen molar-refractivity contribution in [3.63, 3.8) is 0 Å². The summed E-state index contributed by atoms with van der Waals surface area (Å²) in [5.74, 6) is -0.378. The third-order valence-corrected chi connectivity index (χ3v) is 5.70. The number of methoxy groups -OCH3 is 1. The summed E-state index contributed by atoms with van der Waals surface area (Å²) < 4.78 is 45.9. The molecule has 0 fully saturated rings. The van der Waals surface area contributed by atoms with Crippen molar-refractivity contribution in [2.75, 3.05) is 11.8 Å². The maximum absolute atomic E-state index is 13.4. The molecular formula is C21H20FN3O4S. The lowest BCUT2D eigenvalue weighted by Gasteiger charge is -2.11. The van der Waals surface area contributed by atoms with Crippen molar-refractivity contribution in [3.05, 3.63) is 83.3 Å². The molecule has 156 valence electrons. The number of nitrogens with one attached hydrogen (secondary N) is 2. The number of carbonyl (C=O) groups excluding carboxylic acids is 1. The van der Waals surface area contributed by atoms with Gasteiger partial charge in [0.1, 0.15) is 5.82 Å². The van der Waals surface area contributed by atoms with Crippen molar-refractivity contribution in [1.82, 2.24) is 10.3 Å². The number of benzene rings is 2. The van der Waals surface area contributed by atoms with Crippen LogP contribution in [0.25, 0.3) is 0 Å². The van der Waals surface area contributed by atoms with Crippen LogP contribution in [0.5, 0.6) is 5.88 Å². The highest BCUT2D eigenvalue weighted by Crippen LogP contribution is 2.19. The van der Waals surface area contributed by atoms with Gasteiger partial charge in [0.05, 0.1) is 12.0 Å². The third kappa shape index (κ3) is 4.93. The number of sulfonamides is 1. The molecule has 0 saturated carbocycles. The molecule has 9 heteroatoms. The first kappa shape index (κ1) is 21.3. The second-order valence-electron chi connectivity index (χ2n) is 6.45. The first-order valence-electron chi connectivity index (χ1n) is 8.95. The molecule has 1 heterocycles. The van der Waals surface area contributed by atoms with E-state index in [0.29, 0.717) is 11.4 Å². The Morgan fingerprint density at radius 1 is 1.13 bits per heavy atom. The number of aryl methyl sites for hydroxylation is 1. The van der Waals surface area contributed by atoms with Crippen LogP contribution in [-0.2, 0) is 16.6 Å². The molecular weight excluding hydrogens is 409 g/mol. The highest BCUT2D eigenvalue weighted by Gasteiger charge is 2.16. The van der Waals surface area contributed by atoms with Crippen molar-refractivity contribution in [1.29, 1.82) is 0 Å². The SMILES string of the molecule is COc1ncccc1CNC(=O)c1ccc(NS(=O)(=O)c2ccc(F)c(C)c2)cc1. The van der Waals surface area contributed by atoms with E-state index >= 15 is 0 Å². The number of rotatable bonds is 7. The van der Waals surface area contributed by atoms with Gasteiger partial charge in [-0.3, -0.25) is 9.52 Å². The molecule has 3 rings (SSSR count). The van der Waals surface area contributed by atoms with Crippen molar-refractivity contribution >= 4 is 21.6 Å². The van der Waals surface area contributed by atoms with Gasteiger partial charge in [-0.05, 0) is 61.0 Å². The van der Waals surface area contributed by atoms with E-state index in [-0.39, 0.29) is 28.6 Å². The summed E-state index contributed by atoms with van der Waals surface area (Å²) in [5.41, 5.74) is 1.60. The minimum Gasteiger partial charge on any atom is -0.481 e. The van der Waals surface area contributed by atoms with Gasteiger partial charge in [0.15, 0.2) is 0 Å². The van der Waals surface area contributed by atoms with E-state index in [0.717, 1.165) is 11.6 Å². The van der Waals surface area contributed by atoms with Crippen LogP contribution in [0.3, 0.4) is 0 Å². The molecule has 1 aromatic heterocycles. The highest BCUT2D eigenvalue weighted by molar-refractivity contribution is 7.92. The van der Waals surface area contributed by atoms with E-state index in [4.69, 9.17) is 4.74 Å². The number of carbonyl (C=O) groups is 1. The van der Waals surface area contributed by atoms with Crippen LogP contribution in [0.2, 0.25) is 0 Å². The third-order valence-electron chi connectivity index (χ3n) is 4.32. The lowest BCUT2D eigenvalue weighted by atomic mass is 10.2. The smallest absolute Gasteiger partial charge is 0.261 e. The highest BCUT2D eigenvalue weighted by atomic mass is 32.2. The van der Waals surface area contributed by atoms with Gasteiger partial charge >= 0.3 is 0 Å². The van der Waals surface area contributed by atoms with Gasteiger partial charge in [-0.2, -0.15) is 0 Å². The summed E-state index contributed by atoms with van der Waals surface area (Å²) >= 11 is 0. The van der Waals surface area contributed by atoms with Gasteiger partial charge in [0, 0.05) is 29.6 Å². The zero-order valence-corrected chi connectivity index (χ0v) is 17.2. The standard InChI is InChI=1S/C21H20FN3O4S/c1-14-12-18(9-10-19(14)22)30(27,28)25-17-7-5-15(6-8-17)20(26)24-13-16-4-3-11-23-21(16)29-2/h3-12,25H,13H2,1-2H3,(H,24,26). The molecule has 30 heavy (non-hydrogen) atoms. The Kier molecular flexibility index (Phi) is 6.31. The Morgan fingerprint density at radius 3 is 2.53 bits per heavy atom. The van der Waals surface area contributed by atoms with E-state index in [9.17, 15) is 17.6 Å². The largest absolute Gasteiger partial charge is 0.481 e. The molecule has 0 saturated heterocycles. The predicted molar refractivity (Wildman–Crippen MR) is 110 cm³/mol. The fourth-order valence-electron chi connectivity index (χ4n) is 2.71. The van der Waals surface area contributed by atoms with Gasteiger partial charge in [0.25, 0.3) is 15.9 Å². The molecule has 7 nitrogen and oxygen atoms in total. The van der Waals surface area contributed by atoms with Crippen molar-refractivity contribution in [2.45, 2.75) is 18.4 Å². The van der Waals surface area contributed by atoms with Crippen LogP contribution >= 0.6 is 0 Å². The molecule has 0 atom stereocenters. The number of hydrogen-bond donors (Lipinski definition) is 2. The summed E-state index contributed by atoms with van der Waals surface area (Å²) in [4.78, 5) is 16.4. The van der Waals surface area contributed by atoms with E-state index in [1.54, 1.807) is 18.3 Å². The number of pyridine rings is 1. The minimum absolute atomic E-state index is 0.0476. The average Bonchev–Trinajstić information content (AvgIpc) is 2.74. The quantitative estimate of drug-likeness (QED) is 0.601. The van der Waals surface area contributed by atoms with Gasteiger partial charge in [-0.25, -0.2) is 17.8 Å². The Labute approximate surface area is 174 Å². The molecule has 0 aliphatic carbocycles. The summed E-state index contributed by atoms with van der Waals surface area (Å²) in [6, 6.07) is 13.1. The van der Waals surface area contributed by atoms with Gasteiger partial charge < -0.3 is 10.1 Å². The first-order valence-corrected chi connectivity index (χ1v) is 10.4. The van der Waals surface area contributed by atoms with E-state index in [2.05, 4.69) is 15.0 Å². The lowest BCUT2D eigenvalue weighted by Crippen LogP contribution is -2.23. The Bertz CT molecular complexity index is 1170. The number of aromatic nitrogens is 1. The van der Waals surface area contributed by atoms with E-state index in [1.807, 2.05) is 0 Å². The van der Waals surface area contributed by atoms with Crippen LogP contribution < -0.4 is 14.8 Å². The molecule has 0 radical (unpaired) electrons. The molecule has 0 spiro atoms. The summed E-state index contributed by atoms with van der Waals surface area (Å²) in [6.45, 7) is 1.72. The number of hydrogen-bond acceptors (Lipinski definition) is 5. The molecule has 0 unspecified atom stereocenters. The maximum Gasteiger partial charge on any atom is 0.261 e. The summed E-state index contributed by atoms with van der Waals surface area (Å²) in [7, 11) is -2.38. The second kappa shape index (κ2) is 8.91. The number of nitrogens with zero attached hydrogens (tertiary/aromatic N) is 1. The van der Waals surface area contributed by atoms with Gasteiger partial charge in [0.2, 0.25) is 5.88 Å². The number of amides is 1. The van der Waals surface area contributed by atoms with Crippen molar-refractivity contribution in [2.24, 2.45) is 0 Å². The zero-order chi connectivity index (χ0) is 21.7. The molecule has 2 N–H and O–H groups in total. The predicted octanol–water partition coefficient (Wildman–Crippen LogP) is 3.27. The molecule has 1 amide bonds. The Hall–Kier alpha value is -3.46. The average molecular weight is 429 g/mol. The molecule has 3 aromatic rings. The Balaban J connectivity index is 1.66. The zero-order valence-electron chi connectivity index (χ0n) is 16.3. The van der Waals surface area contributed by atoms with Crippen LogP contribution in [0.1, 0.15) is 21.5 Å². The number of anilines is 1. The lowest BCUT2D eigenvalue weighted by molar-refractivity contribution is 0.0950. The number of halogens is 1. The van der Waals surface area contributed by atoms with Gasteiger partial charge in [-0.15, -0.1) is 0 Å². The van der Waals surface area contributed by atoms with E-state index < -0.39 is 15.8 Å². The fraction of sp³-hybridized carbons (Fsp3) is 0.143. The summed E-state index contributed by atoms with van der Waals surface area (Å²) in [5, 5.41) is 2.76. The molecule has 0 bridgehead atoms. The van der Waals surface area contributed by atoms with Crippen LogP contribution in [0, 0.1) is 12.7 Å². The van der Waals surface area contributed by atoms with Crippen LogP contribution in [0.15, 0.2) is 65.7 Å². The fourth-order valence-corrected chi connectivity index (χ4v) is 3.85. The van der Waals surface area contributed by atoms with Crippen LogP contribution in [0.4, 0.5) is 10.1 Å². The van der Waals surface area contributed by atoms with Crippen molar-refractivity contribution < 1.29 is 22.3 Å². The minimum atomic E-state index is -3.88. The number of ether oxygens (including phenoxy) is 1. The summed E-state index contributed by atoms with van der Waals surface area (Å²) in [6.07, 6.45) is 1.59. The maximum atomic E-state index is 13.4. The monoisotopic (exact) mass is 429 g/mol. The first-order chi connectivity index (χ1) is 14.3. The second-order valence-corrected chi connectivity index (χ2v) is 8.13. The molecule has 0 aliphatic heterocycles. The normalized spacial score (nSPS) is 11.0. The Morgan fingerprint density at radius 2 is 1.87 bits per heavy atom. The van der Waals surface area contributed by atoms with Crippen molar-refractivity contribution in [3.8, 4) is 5.88 Å². The van der Waals surface area contributed by atoms with E-state index in [1.165, 1.54) is 50.4 Å². The molecule has 0 aliphatic rings. The molecule has 2 aromatic carbocycles. The topological polar surface area (TPSA) is 97.4 Å².